The first-order chi connectivity index (χ1) is 8.97. The molecule has 0 aliphatic carbocycles. The van der Waals surface area contributed by atoms with Gasteiger partial charge in [-0.05, 0) is 0 Å². The Labute approximate surface area is 106 Å². The highest BCUT2D eigenvalue weighted by molar-refractivity contribution is 5.96. The lowest BCUT2D eigenvalue weighted by Crippen LogP contribution is -2.56. The Balaban J connectivity index is 2.07. The van der Waals surface area contributed by atoms with Crippen molar-refractivity contribution in [2.75, 3.05) is 18.4 Å². The number of nitrogens with one attached hydrogen (secondary N) is 3. The summed E-state index contributed by atoms with van der Waals surface area (Å²) < 4.78 is 39.0. The highest BCUT2D eigenvalue weighted by Gasteiger charge is 2.24. The molecule has 8 heteroatoms. The minimum atomic E-state index is -1.33. The lowest BCUT2D eigenvalue weighted by atomic mass is 10.2. The minimum absolute atomic E-state index is 0.0377. The van der Waals surface area contributed by atoms with E-state index in [1.807, 2.05) is 0 Å². The largest absolute Gasteiger partial charge is 0.353 e. The summed E-state index contributed by atoms with van der Waals surface area (Å²) in [4.78, 5) is 22.6. The van der Waals surface area contributed by atoms with Crippen molar-refractivity contribution in [2.24, 2.45) is 0 Å². The van der Waals surface area contributed by atoms with Crippen LogP contribution in [0.3, 0.4) is 0 Å². The van der Waals surface area contributed by atoms with Crippen LogP contribution in [0.4, 0.5) is 18.9 Å². The average molecular weight is 273 g/mol. The molecule has 1 fully saturated rings. The first-order valence-corrected chi connectivity index (χ1v) is 5.43. The van der Waals surface area contributed by atoms with E-state index in [0.717, 1.165) is 0 Å². The molecule has 1 atom stereocenters. The summed E-state index contributed by atoms with van der Waals surface area (Å²) in [5.41, 5.74) is -0.456. The SMILES string of the molecule is O=C1CNC(C(=O)Nc2cc(F)c(F)cc2F)CN1. The van der Waals surface area contributed by atoms with Gasteiger partial charge in [0.25, 0.3) is 0 Å². The van der Waals surface area contributed by atoms with Crippen LogP contribution in [-0.4, -0.2) is 30.9 Å². The molecule has 3 N–H and O–H groups in total. The molecule has 5 nitrogen and oxygen atoms in total. The van der Waals surface area contributed by atoms with Crippen LogP contribution in [0, 0.1) is 17.5 Å². The molecule has 1 heterocycles. The average Bonchev–Trinajstić information content (AvgIpc) is 2.36. The second kappa shape index (κ2) is 5.27. The monoisotopic (exact) mass is 273 g/mol. The van der Waals surface area contributed by atoms with Crippen molar-refractivity contribution in [3.63, 3.8) is 0 Å². The van der Waals surface area contributed by atoms with E-state index in [2.05, 4.69) is 16.0 Å². The third kappa shape index (κ3) is 3.02. The second-order valence-electron chi connectivity index (χ2n) is 3.97. The van der Waals surface area contributed by atoms with Crippen LogP contribution in [-0.2, 0) is 9.59 Å². The Morgan fingerprint density at radius 1 is 1.21 bits per heavy atom. The fourth-order valence-corrected chi connectivity index (χ4v) is 1.59. The summed E-state index contributed by atoms with van der Waals surface area (Å²) in [5, 5.41) is 7.19. The number of anilines is 1. The van der Waals surface area contributed by atoms with Gasteiger partial charge in [0.1, 0.15) is 11.9 Å². The number of piperazine rings is 1. The van der Waals surface area contributed by atoms with Crippen molar-refractivity contribution >= 4 is 17.5 Å². The molecule has 0 bridgehead atoms. The van der Waals surface area contributed by atoms with Crippen LogP contribution in [0.1, 0.15) is 0 Å². The Kier molecular flexibility index (Phi) is 3.70. The Hall–Kier alpha value is -2.09. The normalized spacial score (nSPS) is 18.9. The van der Waals surface area contributed by atoms with E-state index in [1.54, 1.807) is 0 Å². The number of carbonyl (C=O) groups is 2. The summed E-state index contributed by atoms with van der Waals surface area (Å²) in [6.45, 7) is -0.00564. The second-order valence-corrected chi connectivity index (χ2v) is 3.97. The summed E-state index contributed by atoms with van der Waals surface area (Å²) >= 11 is 0. The number of carbonyl (C=O) groups excluding carboxylic acids is 2. The van der Waals surface area contributed by atoms with Gasteiger partial charge in [0, 0.05) is 18.7 Å². The number of hydrogen-bond donors (Lipinski definition) is 3. The number of hydrogen-bond acceptors (Lipinski definition) is 3. The van der Waals surface area contributed by atoms with Gasteiger partial charge < -0.3 is 10.6 Å². The van der Waals surface area contributed by atoms with Gasteiger partial charge in [-0.3, -0.25) is 14.9 Å². The molecular formula is C11H10F3N3O2. The van der Waals surface area contributed by atoms with Gasteiger partial charge in [-0.2, -0.15) is 0 Å². The molecule has 0 radical (unpaired) electrons. The highest BCUT2D eigenvalue weighted by Crippen LogP contribution is 2.18. The number of benzene rings is 1. The molecule has 0 aromatic heterocycles. The maximum absolute atomic E-state index is 13.3. The Morgan fingerprint density at radius 3 is 2.53 bits per heavy atom. The van der Waals surface area contributed by atoms with Gasteiger partial charge in [-0.15, -0.1) is 0 Å². The summed E-state index contributed by atoms with van der Waals surface area (Å²) in [7, 11) is 0. The van der Waals surface area contributed by atoms with Crippen molar-refractivity contribution in [3.05, 3.63) is 29.6 Å². The lowest BCUT2D eigenvalue weighted by molar-refractivity contribution is -0.124. The smallest absolute Gasteiger partial charge is 0.243 e. The van der Waals surface area contributed by atoms with E-state index in [1.165, 1.54) is 0 Å². The zero-order valence-electron chi connectivity index (χ0n) is 9.60. The Morgan fingerprint density at radius 2 is 1.89 bits per heavy atom. The minimum Gasteiger partial charge on any atom is -0.353 e. The zero-order valence-corrected chi connectivity index (χ0v) is 9.60. The molecule has 0 saturated carbocycles. The predicted molar refractivity (Wildman–Crippen MR) is 59.7 cm³/mol. The van der Waals surface area contributed by atoms with Crippen LogP contribution < -0.4 is 16.0 Å². The molecule has 102 valence electrons. The summed E-state index contributed by atoms with van der Waals surface area (Å²) in [6, 6.07) is 0.149. The first-order valence-electron chi connectivity index (χ1n) is 5.43. The molecule has 1 aromatic carbocycles. The first kappa shape index (κ1) is 13.3. The van der Waals surface area contributed by atoms with Crippen LogP contribution in [0.2, 0.25) is 0 Å². The fourth-order valence-electron chi connectivity index (χ4n) is 1.59. The van der Waals surface area contributed by atoms with Crippen molar-refractivity contribution < 1.29 is 22.8 Å². The molecule has 19 heavy (non-hydrogen) atoms. The fraction of sp³-hybridized carbons (Fsp3) is 0.273. The molecule has 2 rings (SSSR count). The lowest BCUT2D eigenvalue weighted by Gasteiger charge is -2.23. The van der Waals surface area contributed by atoms with E-state index < -0.39 is 35.1 Å². The molecule has 1 aromatic rings. The topological polar surface area (TPSA) is 70.2 Å². The maximum atomic E-state index is 13.3. The maximum Gasteiger partial charge on any atom is 0.243 e. The van der Waals surface area contributed by atoms with Gasteiger partial charge in [-0.25, -0.2) is 13.2 Å². The molecule has 2 amide bonds. The van der Waals surface area contributed by atoms with E-state index in [-0.39, 0.29) is 19.0 Å². The number of rotatable bonds is 2. The third-order valence-electron chi connectivity index (χ3n) is 2.60. The van der Waals surface area contributed by atoms with Crippen LogP contribution in [0.5, 0.6) is 0 Å². The highest BCUT2D eigenvalue weighted by atomic mass is 19.2. The van der Waals surface area contributed by atoms with Gasteiger partial charge in [0.15, 0.2) is 11.6 Å². The molecule has 1 aliphatic rings. The van der Waals surface area contributed by atoms with E-state index in [9.17, 15) is 22.8 Å². The molecule has 0 spiro atoms. The van der Waals surface area contributed by atoms with Gasteiger partial charge in [0.2, 0.25) is 11.8 Å². The van der Waals surface area contributed by atoms with Crippen LogP contribution in [0.15, 0.2) is 12.1 Å². The van der Waals surface area contributed by atoms with Crippen molar-refractivity contribution in [1.29, 1.82) is 0 Å². The van der Waals surface area contributed by atoms with Crippen molar-refractivity contribution in [3.8, 4) is 0 Å². The third-order valence-corrected chi connectivity index (χ3v) is 2.60. The number of halogens is 3. The van der Waals surface area contributed by atoms with Crippen molar-refractivity contribution in [1.82, 2.24) is 10.6 Å². The van der Waals surface area contributed by atoms with Gasteiger partial charge in [0.05, 0.1) is 12.2 Å². The standard InChI is InChI=1S/C11H10F3N3O2/c12-5-1-7(14)8(2-6(5)13)17-11(19)9-3-16-10(18)4-15-9/h1-2,9,15H,3-4H2,(H,16,18)(H,17,19). The van der Waals surface area contributed by atoms with Gasteiger partial charge >= 0.3 is 0 Å². The molecule has 1 aliphatic heterocycles. The van der Waals surface area contributed by atoms with E-state index in [0.29, 0.717) is 12.1 Å². The van der Waals surface area contributed by atoms with Crippen molar-refractivity contribution in [2.45, 2.75) is 6.04 Å². The van der Waals surface area contributed by atoms with Crippen LogP contribution in [0.25, 0.3) is 0 Å². The zero-order chi connectivity index (χ0) is 14.0. The molecular weight excluding hydrogens is 263 g/mol. The summed E-state index contributed by atoms with van der Waals surface area (Å²) in [6.07, 6.45) is 0. The van der Waals surface area contributed by atoms with E-state index >= 15 is 0 Å². The summed E-state index contributed by atoms with van der Waals surface area (Å²) in [5.74, 6) is -4.58. The number of amides is 2. The quantitative estimate of drug-likeness (QED) is 0.671. The van der Waals surface area contributed by atoms with Gasteiger partial charge in [-0.1, -0.05) is 0 Å². The molecule has 1 saturated heterocycles. The Bertz CT molecular complexity index is 526. The molecule has 1 unspecified atom stereocenters. The van der Waals surface area contributed by atoms with E-state index in [4.69, 9.17) is 0 Å². The van der Waals surface area contributed by atoms with Crippen LogP contribution >= 0.6 is 0 Å². The predicted octanol–water partition coefficient (Wildman–Crippen LogP) is 0.130.